The number of hydrogen-bond acceptors (Lipinski definition) is 5. The number of rotatable bonds is 3. The van der Waals surface area contributed by atoms with E-state index < -0.39 is 4.92 Å². The first-order chi connectivity index (χ1) is 12.4. The summed E-state index contributed by atoms with van der Waals surface area (Å²) in [6.07, 6.45) is 0. The summed E-state index contributed by atoms with van der Waals surface area (Å²) in [5.41, 5.74) is -0.0139. The molecule has 0 aliphatic carbocycles. The lowest BCUT2D eigenvalue weighted by atomic mass is 10.2. The van der Waals surface area contributed by atoms with Crippen molar-refractivity contribution in [1.82, 2.24) is 15.1 Å². The minimum atomic E-state index is -0.457. The smallest absolute Gasteiger partial charge is 0.270 e. The highest BCUT2D eigenvalue weighted by molar-refractivity contribution is 7.80. The quantitative estimate of drug-likeness (QED) is 0.474. The van der Waals surface area contributed by atoms with Gasteiger partial charge in [-0.2, -0.15) is 0 Å². The molecule has 1 aliphatic heterocycles. The van der Waals surface area contributed by atoms with Crippen molar-refractivity contribution < 1.29 is 9.72 Å². The van der Waals surface area contributed by atoms with Crippen molar-refractivity contribution in [2.75, 3.05) is 32.7 Å². The second-order valence-corrected chi connectivity index (χ2v) is 7.61. The first-order valence-corrected chi connectivity index (χ1v) is 9.71. The Morgan fingerprint density at radius 2 is 2.00 bits per heavy atom. The Morgan fingerprint density at radius 1 is 1.35 bits per heavy atom. The Kier molecular flexibility index (Phi) is 5.59. The van der Waals surface area contributed by atoms with Gasteiger partial charge in [0.15, 0.2) is 5.11 Å². The van der Waals surface area contributed by atoms with Crippen LogP contribution in [0.5, 0.6) is 0 Å². The van der Waals surface area contributed by atoms with E-state index in [9.17, 15) is 14.9 Å². The second kappa shape index (κ2) is 7.73. The number of carbonyl (C=O) groups excluding carboxylic acids is 1. The number of hydrogen-bond donors (Lipinski definition) is 1. The zero-order chi connectivity index (χ0) is 18.8. The number of nitrogens with one attached hydrogen (secondary N) is 1. The van der Waals surface area contributed by atoms with E-state index in [1.54, 1.807) is 11.0 Å². The summed E-state index contributed by atoms with van der Waals surface area (Å²) < 4.78 is 0.638. The molecule has 2 aromatic rings. The molecular formula is C16H17ClN4O3S2. The van der Waals surface area contributed by atoms with E-state index in [2.05, 4.69) is 5.32 Å². The van der Waals surface area contributed by atoms with E-state index in [4.69, 9.17) is 23.8 Å². The molecular weight excluding hydrogens is 396 g/mol. The number of non-ortho nitro benzene ring substituents is 1. The van der Waals surface area contributed by atoms with Gasteiger partial charge in [0.05, 0.1) is 9.95 Å². The number of benzene rings is 1. The largest absolute Gasteiger partial charge is 0.363 e. The fraction of sp³-hybridized carbons (Fsp3) is 0.375. The number of amides is 1. The lowest BCUT2D eigenvalue weighted by Crippen LogP contribution is -2.53. The fourth-order valence-corrected chi connectivity index (χ4v) is 4.66. The highest BCUT2D eigenvalue weighted by Crippen LogP contribution is 2.37. The zero-order valence-electron chi connectivity index (χ0n) is 14.0. The van der Waals surface area contributed by atoms with Crippen molar-refractivity contribution in [3.63, 3.8) is 0 Å². The molecule has 7 nitrogen and oxygen atoms in total. The molecule has 1 aromatic heterocycles. The molecule has 26 heavy (non-hydrogen) atoms. The summed E-state index contributed by atoms with van der Waals surface area (Å²) in [5, 5.41) is 15.8. The third kappa shape index (κ3) is 3.60. The third-order valence-corrected chi connectivity index (χ3v) is 6.25. The number of piperazine rings is 1. The topological polar surface area (TPSA) is 78.7 Å². The van der Waals surface area contributed by atoms with Gasteiger partial charge in [-0.25, -0.2) is 0 Å². The summed E-state index contributed by atoms with van der Waals surface area (Å²) >= 11 is 12.9. The molecule has 1 N–H and O–H groups in total. The Morgan fingerprint density at radius 3 is 2.62 bits per heavy atom. The molecule has 1 fully saturated rings. The molecule has 2 heterocycles. The number of thiophene rings is 1. The van der Waals surface area contributed by atoms with Crippen LogP contribution in [-0.4, -0.2) is 58.5 Å². The molecule has 0 unspecified atom stereocenters. The number of nitro benzene ring substituents is 1. The van der Waals surface area contributed by atoms with Crippen LogP contribution >= 0.6 is 35.2 Å². The highest BCUT2D eigenvalue weighted by atomic mass is 35.5. The first-order valence-electron chi connectivity index (χ1n) is 8.11. The summed E-state index contributed by atoms with van der Waals surface area (Å²) in [6, 6.07) is 4.45. The van der Waals surface area contributed by atoms with Gasteiger partial charge in [-0.1, -0.05) is 11.6 Å². The molecule has 138 valence electrons. The number of nitrogens with zero attached hydrogens (tertiary/aromatic N) is 3. The van der Waals surface area contributed by atoms with Crippen molar-refractivity contribution in [2.45, 2.75) is 6.92 Å². The van der Waals surface area contributed by atoms with Gasteiger partial charge < -0.3 is 15.1 Å². The maximum atomic E-state index is 12.9. The maximum absolute atomic E-state index is 12.9. The van der Waals surface area contributed by atoms with Gasteiger partial charge in [-0.3, -0.25) is 14.9 Å². The highest BCUT2D eigenvalue weighted by Gasteiger charge is 2.27. The molecule has 3 rings (SSSR count). The summed E-state index contributed by atoms with van der Waals surface area (Å²) in [5.74, 6) is -0.145. The predicted octanol–water partition coefficient (Wildman–Crippen LogP) is 3.12. The van der Waals surface area contributed by atoms with Gasteiger partial charge in [-0.05, 0) is 25.2 Å². The number of nitro groups is 1. The second-order valence-electron chi connectivity index (χ2n) is 5.80. The van der Waals surface area contributed by atoms with Gasteiger partial charge in [0.1, 0.15) is 4.88 Å². The number of thiocarbonyl (C=S) groups is 1. The Hall–Kier alpha value is -1.97. The minimum Gasteiger partial charge on any atom is -0.363 e. The van der Waals surface area contributed by atoms with Crippen molar-refractivity contribution in [2.24, 2.45) is 0 Å². The van der Waals surface area contributed by atoms with Crippen LogP contribution < -0.4 is 5.32 Å². The van der Waals surface area contributed by atoms with Gasteiger partial charge in [-0.15, -0.1) is 11.3 Å². The van der Waals surface area contributed by atoms with Crippen molar-refractivity contribution >= 4 is 61.9 Å². The normalized spacial score (nSPS) is 14.5. The van der Waals surface area contributed by atoms with Crippen molar-refractivity contribution in [1.29, 1.82) is 0 Å². The van der Waals surface area contributed by atoms with Crippen molar-refractivity contribution in [3.8, 4) is 0 Å². The van der Waals surface area contributed by atoms with Crippen LogP contribution in [0.2, 0.25) is 5.02 Å². The van der Waals surface area contributed by atoms with Crippen LogP contribution in [0.25, 0.3) is 10.1 Å². The van der Waals surface area contributed by atoms with E-state index in [1.165, 1.54) is 23.5 Å². The SMILES string of the molecule is CCNC(=S)N1CCN(C(=O)c2sc3cc([N+](=O)[O-])ccc3c2Cl)CC1. The first kappa shape index (κ1) is 18.8. The molecule has 1 aromatic carbocycles. The van der Waals surface area contributed by atoms with E-state index in [0.29, 0.717) is 51.3 Å². The molecule has 0 bridgehead atoms. The molecule has 0 atom stereocenters. The molecule has 1 amide bonds. The van der Waals surface area contributed by atoms with E-state index in [0.717, 1.165) is 6.54 Å². The van der Waals surface area contributed by atoms with Gasteiger partial charge in [0.2, 0.25) is 0 Å². The molecule has 0 saturated carbocycles. The van der Waals surface area contributed by atoms with Gasteiger partial charge >= 0.3 is 0 Å². The van der Waals surface area contributed by atoms with Gasteiger partial charge in [0, 0.05) is 54.9 Å². The third-order valence-electron chi connectivity index (χ3n) is 4.20. The lowest BCUT2D eigenvalue weighted by molar-refractivity contribution is -0.384. The fourth-order valence-electron chi connectivity index (χ4n) is 2.82. The van der Waals surface area contributed by atoms with Gasteiger partial charge in [0.25, 0.3) is 11.6 Å². The van der Waals surface area contributed by atoms with Crippen LogP contribution in [0.3, 0.4) is 0 Å². The summed E-state index contributed by atoms with van der Waals surface area (Å²) in [6.45, 7) is 5.17. The van der Waals surface area contributed by atoms with E-state index >= 15 is 0 Å². The lowest BCUT2D eigenvalue weighted by Gasteiger charge is -2.36. The molecule has 0 radical (unpaired) electrons. The van der Waals surface area contributed by atoms with E-state index in [1.807, 2.05) is 11.8 Å². The van der Waals surface area contributed by atoms with Crippen LogP contribution in [0.15, 0.2) is 18.2 Å². The average Bonchev–Trinajstić information content (AvgIpc) is 2.97. The molecule has 1 aliphatic rings. The monoisotopic (exact) mass is 412 g/mol. The average molecular weight is 413 g/mol. The Balaban J connectivity index is 1.77. The zero-order valence-corrected chi connectivity index (χ0v) is 16.4. The van der Waals surface area contributed by atoms with Crippen LogP contribution in [-0.2, 0) is 0 Å². The van der Waals surface area contributed by atoms with E-state index in [-0.39, 0.29) is 11.6 Å². The molecule has 0 spiro atoms. The maximum Gasteiger partial charge on any atom is 0.270 e. The standard InChI is InChI=1S/C16H17ClN4O3S2/c1-2-18-16(25)20-7-5-19(6-8-20)15(22)14-13(17)11-4-3-10(21(23)24)9-12(11)26-14/h3-4,9H,2,5-8H2,1H3,(H,18,25). The van der Waals surface area contributed by atoms with Crippen LogP contribution in [0.1, 0.15) is 16.6 Å². The minimum absolute atomic E-state index is 0.0139. The summed E-state index contributed by atoms with van der Waals surface area (Å²) in [7, 11) is 0. The number of halogens is 1. The number of fused-ring (bicyclic) bond motifs is 1. The Labute approximate surface area is 164 Å². The molecule has 1 saturated heterocycles. The molecule has 10 heteroatoms. The summed E-state index contributed by atoms with van der Waals surface area (Å²) in [4.78, 5) is 27.5. The number of carbonyl (C=O) groups is 1. The predicted molar refractivity (Wildman–Crippen MR) is 107 cm³/mol. The van der Waals surface area contributed by atoms with Crippen LogP contribution in [0, 0.1) is 10.1 Å². The Bertz CT molecular complexity index is 878. The van der Waals surface area contributed by atoms with Crippen molar-refractivity contribution in [3.05, 3.63) is 38.2 Å². The van der Waals surface area contributed by atoms with Crippen LogP contribution in [0.4, 0.5) is 5.69 Å².